The number of morpholine rings is 1. The van der Waals surface area contributed by atoms with Crippen molar-refractivity contribution in [1.82, 2.24) is 4.90 Å². The van der Waals surface area contributed by atoms with Gasteiger partial charge in [0.1, 0.15) is 0 Å². The summed E-state index contributed by atoms with van der Waals surface area (Å²) >= 11 is 6.96. The van der Waals surface area contributed by atoms with Gasteiger partial charge in [-0.1, -0.05) is 31.9 Å². The first-order chi connectivity index (χ1) is 8.66. The predicted molar refractivity (Wildman–Crippen MR) is 79.6 cm³/mol. The van der Waals surface area contributed by atoms with Crippen LogP contribution in [0.4, 0.5) is 0 Å². The normalized spacial score (nSPS) is 17.0. The second kappa shape index (κ2) is 6.54. The summed E-state index contributed by atoms with van der Waals surface area (Å²) in [6.45, 7) is 3.64. The van der Waals surface area contributed by atoms with E-state index in [-0.39, 0.29) is 0 Å². The van der Waals surface area contributed by atoms with Crippen molar-refractivity contribution >= 4 is 37.8 Å². The van der Waals surface area contributed by atoms with Crippen LogP contribution in [0.25, 0.3) is 0 Å². The smallest absolute Gasteiger partial charge is 0.191 e. The van der Waals surface area contributed by atoms with Crippen LogP contribution in [0, 0.1) is 0 Å². The minimum absolute atomic E-state index is 0.573. The Morgan fingerprint density at radius 2 is 2.06 bits per heavy atom. The molecule has 1 heterocycles. The fourth-order valence-electron chi connectivity index (χ4n) is 1.72. The van der Waals surface area contributed by atoms with Gasteiger partial charge in [-0.05, 0) is 23.8 Å². The van der Waals surface area contributed by atoms with Crippen molar-refractivity contribution in [3.05, 3.63) is 32.7 Å². The van der Waals surface area contributed by atoms with Crippen LogP contribution in [0.5, 0.6) is 0 Å². The van der Waals surface area contributed by atoms with Gasteiger partial charge in [-0.3, -0.25) is 0 Å². The zero-order chi connectivity index (χ0) is 13.0. The van der Waals surface area contributed by atoms with Crippen LogP contribution < -0.4 is 5.73 Å². The lowest BCUT2D eigenvalue weighted by Gasteiger charge is -2.27. The topological polar surface area (TPSA) is 50.8 Å². The summed E-state index contributed by atoms with van der Waals surface area (Å²) in [5.74, 6) is 0.588. The lowest BCUT2D eigenvalue weighted by atomic mass is 10.2. The van der Waals surface area contributed by atoms with Gasteiger partial charge in [0.15, 0.2) is 5.96 Å². The summed E-state index contributed by atoms with van der Waals surface area (Å²) in [5, 5.41) is 0. The summed E-state index contributed by atoms with van der Waals surface area (Å²) in [6.07, 6.45) is 0. The number of nitrogens with zero attached hydrogens (tertiary/aromatic N) is 2. The van der Waals surface area contributed by atoms with Crippen molar-refractivity contribution in [2.75, 3.05) is 26.3 Å². The standard InChI is InChI=1S/C12H15Br2N3O/c13-10-1-2-11(14)9(7-10)8-16-12(15)17-3-5-18-6-4-17/h1-2,7H,3-6,8H2,(H2,15,16). The summed E-state index contributed by atoms with van der Waals surface area (Å²) in [5.41, 5.74) is 7.09. The van der Waals surface area contributed by atoms with E-state index in [1.165, 1.54) is 0 Å². The molecule has 1 fully saturated rings. The molecule has 98 valence electrons. The number of rotatable bonds is 2. The molecule has 2 rings (SSSR count). The van der Waals surface area contributed by atoms with Gasteiger partial charge in [-0.15, -0.1) is 0 Å². The van der Waals surface area contributed by atoms with Crippen LogP contribution in [0.2, 0.25) is 0 Å². The maximum Gasteiger partial charge on any atom is 0.191 e. The Morgan fingerprint density at radius 1 is 1.33 bits per heavy atom. The molecule has 4 nitrogen and oxygen atoms in total. The van der Waals surface area contributed by atoms with E-state index < -0.39 is 0 Å². The molecule has 0 spiro atoms. The second-order valence-corrected chi connectivity index (χ2v) is 5.78. The van der Waals surface area contributed by atoms with Gasteiger partial charge >= 0.3 is 0 Å². The van der Waals surface area contributed by atoms with Crippen LogP contribution in [0.3, 0.4) is 0 Å². The lowest BCUT2D eigenvalue weighted by molar-refractivity contribution is 0.0674. The predicted octanol–water partition coefficient (Wildman–Crippen LogP) is 2.36. The first-order valence-corrected chi connectivity index (χ1v) is 7.32. The molecule has 0 aliphatic carbocycles. The highest BCUT2D eigenvalue weighted by atomic mass is 79.9. The Morgan fingerprint density at radius 3 is 2.78 bits per heavy atom. The van der Waals surface area contributed by atoms with Gasteiger partial charge in [0, 0.05) is 22.0 Å². The number of benzene rings is 1. The Bertz CT molecular complexity index is 445. The van der Waals surface area contributed by atoms with Crippen LogP contribution in [-0.4, -0.2) is 37.2 Å². The molecular weight excluding hydrogens is 362 g/mol. The molecule has 18 heavy (non-hydrogen) atoms. The number of ether oxygens (including phenoxy) is 1. The lowest BCUT2D eigenvalue weighted by Crippen LogP contribution is -2.44. The first kappa shape index (κ1) is 13.8. The summed E-state index contributed by atoms with van der Waals surface area (Å²) < 4.78 is 7.37. The quantitative estimate of drug-likeness (QED) is 0.636. The first-order valence-electron chi connectivity index (χ1n) is 5.73. The SMILES string of the molecule is NC(=NCc1cc(Br)ccc1Br)N1CCOCC1. The monoisotopic (exact) mass is 375 g/mol. The van der Waals surface area contributed by atoms with E-state index >= 15 is 0 Å². The van der Waals surface area contributed by atoms with Crippen LogP contribution in [0.15, 0.2) is 32.1 Å². The van der Waals surface area contributed by atoms with Gasteiger partial charge in [-0.25, -0.2) is 4.99 Å². The molecule has 0 bridgehead atoms. The van der Waals surface area contributed by atoms with Crippen molar-refractivity contribution in [3.8, 4) is 0 Å². The number of hydrogen-bond donors (Lipinski definition) is 1. The molecule has 0 amide bonds. The van der Waals surface area contributed by atoms with E-state index in [1.807, 2.05) is 18.2 Å². The maximum atomic E-state index is 5.98. The third-order valence-electron chi connectivity index (χ3n) is 2.75. The summed E-state index contributed by atoms with van der Waals surface area (Å²) in [4.78, 5) is 6.48. The fraction of sp³-hybridized carbons (Fsp3) is 0.417. The zero-order valence-electron chi connectivity index (χ0n) is 9.90. The van der Waals surface area contributed by atoms with Crippen molar-refractivity contribution in [2.24, 2.45) is 10.7 Å². The Balaban J connectivity index is 2.02. The molecule has 0 radical (unpaired) electrons. The van der Waals surface area contributed by atoms with Crippen molar-refractivity contribution in [2.45, 2.75) is 6.54 Å². The summed E-state index contributed by atoms with van der Waals surface area (Å²) in [7, 11) is 0. The van der Waals surface area contributed by atoms with Gasteiger partial charge < -0.3 is 15.4 Å². The number of hydrogen-bond acceptors (Lipinski definition) is 2. The molecule has 0 aromatic heterocycles. The van der Waals surface area contributed by atoms with E-state index in [9.17, 15) is 0 Å². The van der Waals surface area contributed by atoms with E-state index in [0.717, 1.165) is 40.8 Å². The highest BCUT2D eigenvalue weighted by Gasteiger charge is 2.12. The molecule has 1 aromatic carbocycles. The fourth-order valence-corrected chi connectivity index (χ4v) is 2.50. The van der Waals surface area contributed by atoms with Crippen LogP contribution >= 0.6 is 31.9 Å². The van der Waals surface area contributed by atoms with E-state index in [4.69, 9.17) is 10.5 Å². The maximum absolute atomic E-state index is 5.98. The Kier molecular flexibility index (Phi) is 5.03. The van der Waals surface area contributed by atoms with Crippen LogP contribution in [-0.2, 0) is 11.3 Å². The average molecular weight is 377 g/mol. The third kappa shape index (κ3) is 3.70. The molecule has 0 atom stereocenters. The van der Waals surface area contributed by atoms with Gasteiger partial charge in [0.25, 0.3) is 0 Å². The largest absolute Gasteiger partial charge is 0.378 e. The number of aliphatic imine (C=N–C) groups is 1. The second-order valence-electron chi connectivity index (χ2n) is 4.01. The zero-order valence-corrected chi connectivity index (χ0v) is 13.1. The molecular formula is C12H15Br2N3O. The van der Waals surface area contributed by atoms with Crippen molar-refractivity contribution < 1.29 is 4.74 Å². The number of halogens is 2. The molecule has 1 saturated heterocycles. The van der Waals surface area contributed by atoms with Crippen molar-refractivity contribution in [3.63, 3.8) is 0 Å². The van der Waals surface area contributed by atoms with E-state index in [1.54, 1.807) is 0 Å². The number of nitrogens with two attached hydrogens (primary N) is 1. The van der Waals surface area contributed by atoms with Crippen LogP contribution in [0.1, 0.15) is 5.56 Å². The van der Waals surface area contributed by atoms with Gasteiger partial charge in [0.05, 0.1) is 19.8 Å². The summed E-state index contributed by atoms with van der Waals surface area (Å²) in [6, 6.07) is 6.03. The Labute approximate surface area is 123 Å². The molecule has 0 unspecified atom stereocenters. The molecule has 1 aromatic rings. The highest BCUT2D eigenvalue weighted by Crippen LogP contribution is 2.22. The third-order valence-corrected chi connectivity index (χ3v) is 4.02. The molecule has 1 aliphatic heterocycles. The van der Waals surface area contributed by atoms with Gasteiger partial charge in [0.2, 0.25) is 0 Å². The molecule has 1 aliphatic rings. The number of guanidine groups is 1. The Hall–Kier alpha value is -0.590. The van der Waals surface area contributed by atoms with E-state index in [0.29, 0.717) is 12.5 Å². The minimum Gasteiger partial charge on any atom is -0.378 e. The minimum atomic E-state index is 0.573. The molecule has 6 heteroatoms. The molecule has 2 N–H and O–H groups in total. The average Bonchev–Trinajstić information content (AvgIpc) is 2.40. The highest BCUT2D eigenvalue weighted by molar-refractivity contribution is 9.11. The van der Waals surface area contributed by atoms with E-state index in [2.05, 4.69) is 41.8 Å². The van der Waals surface area contributed by atoms with Gasteiger partial charge in [-0.2, -0.15) is 0 Å². The van der Waals surface area contributed by atoms with Crippen molar-refractivity contribution in [1.29, 1.82) is 0 Å². The molecule has 0 saturated carbocycles.